The highest BCUT2D eigenvalue weighted by molar-refractivity contribution is 8.16. The summed E-state index contributed by atoms with van der Waals surface area (Å²) < 4.78 is 0.523. The predicted octanol–water partition coefficient (Wildman–Crippen LogP) is 5.32. The molecule has 1 aromatic rings. The van der Waals surface area contributed by atoms with Gasteiger partial charge in [0, 0.05) is 12.1 Å². The summed E-state index contributed by atoms with van der Waals surface area (Å²) in [6.07, 6.45) is 4.17. The fraction of sp³-hybridized carbons (Fsp3) is 0.588. The average molecular weight is 324 g/mol. The molecule has 116 valence electrons. The van der Waals surface area contributed by atoms with E-state index in [1.807, 2.05) is 29.6 Å². The van der Waals surface area contributed by atoms with Gasteiger partial charge in [-0.3, -0.25) is 4.79 Å². The highest BCUT2D eigenvalue weighted by Gasteiger charge is 2.17. The molecule has 0 aliphatic carbocycles. The zero-order valence-electron chi connectivity index (χ0n) is 12.9. The Hall–Kier alpha value is -0.610. The van der Waals surface area contributed by atoms with Crippen LogP contribution in [0.2, 0.25) is 0 Å². The molecule has 0 saturated carbocycles. The third-order valence-electron chi connectivity index (χ3n) is 3.59. The second-order valence-electron chi connectivity index (χ2n) is 5.70. The molecule has 1 aliphatic heterocycles. The summed E-state index contributed by atoms with van der Waals surface area (Å²) in [5, 5.41) is 3.05. The minimum Gasteiger partial charge on any atom is -0.326 e. The van der Waals surface area contributed by atoms with Crippen LogP contribution in [0.5, 0.6) is 0 Å². The molecule has 0 aromatic heterocycles. The Balaban J connectivity index is 1.92. The van der Waals surface area contributed by atoms with Crippen LogP contribution < -0.4 is 5.32 Å². The van der Waals surface area contributed by atoms with Gasteiger partial charge in [0.1, 0.15) is 0 Å². The van der Waals surface area contributed by atoms with Crippen molar-refractivity contribution in [1.29, 1.82) is 0 Å². The molecule has 1 aromatic carbocycles. The maximum absolute atomic E-state index is 12.1. The SMILES string of the molecule is CCCC(C)CC(=O)Nc1cccc(C2SCCCS2)c1. The first-order valence-corrected chi connectivity index (χ1v) is 9.91. The molecule has 1 fully saturated rings. The standard InChI is InChI=1S/C17H25NOS2/c1-3-6-13(2)11-16(19)18-15-8-4-7-14(12-15)17-20-9-5-10-21-17/h4,7-8,12-13,17H,3,5-6,9-11H2,1-2H3,(H,18,19). The van der Waals surface area contributed by atoms with E-state index in [0.29, 0.717) is 16.9 Å². The number of hydrogen-bond acceptors (Lipinski definition) is 3. The number of benzene rings is 1. The first kappa shape index (κ1) is 16.8. The molecule has 0 spiro atoms. The molecule has 1 N–H and O–H groups in total. The molecule has 4 heteroatoms. The number of rotatable bonds is 6. The molecule has 1 atom stereocenters. The van der Waals surface area contributed by atoms with E-state index in [2.05, 4.69) is 37.4 Å². The Labute approximate surface area is 136 Å². The van der Waals surface area contributed by atoms with Crippen molar-refractivity contribution < 1.29 is 4.79 Å². The van der Waals surface area contributed by atoms with E-state index < -0.39 is 0 Å². The summed E-state index contributed by atoms with van der Waals surface area (Å²) in [7, 11) is 0. The lowest BCUT2D eigenvalue weighted by Crippen LogP contribution is -2.15. The van der Waals surface area contributed by atoms with Gasteiger partial charge in [-0.2, -0.15) is 0 Å². The Bertz CT molecular complexity index is 458. The van der Waals surface area contributed by atoms with Crippen LogP contribution in [0.3, 0.4) is 0 Å². The van der Waals surface area contributed by atoms with Crippen LogP contribution in [0.4, 0.5) is 5.69 Å². The quantitative estimate of drug-likeness (QED) is 0.768. The zero-order chi connectivity index (χ0) is 15.1. The van der Waals surface area contributed by atoms with Crippen LogP contribution in [0.15, 0.2) is 24.3 Å². The highest BCUT2D eigenvalue weighted by atomic mass is 32.2. The normalized spacial score (nSPS) is 17.4. The smallest absolute Gasteiger partial charge is 0.224 e. The van der Waals surface area contributed by atoms with Crippen molar-refractivity contribution in [2.75, 3.05) is 16.8 Å². The van der Waals surface area contributed by atoms with E-state index in [0.717, 1.165) is 18.5 Å². The van der Waals surface area contributed by atoms with E-state index >= 15 is 0 Å². The molecule has 1 heterocycles. The van der Waals surface area contributed by atoms with Gasteiger partial charge in [0.15, 0.2) is 0 Å². The van der Waals surface area contributed by atoms with Crippen LogP contribution in [0.1, 0.15) is 49.7 Å². The molecule has 21 heavy (non-hydrogen) atoms. The van der Waals surface area contributed by atoms with E-state index in [1.54, 1.807) is 0 Å². The minimum atomic E-state index is 0.136. The van der Waals surface area contributed by atoms with E-state index in [1.165, 1.54) is 23.5 Å². The molecule has 2 rings (SSSR count). The molecule has 1 aliphatic rings. The number of carbonyl (C=O) groups is 1. The van der Waals surface area contributed by atoms with Crippen LogP contribution in [0, 0.1) is 5.92 Å². The molecule has 1 saturated heterocycles. The lowest BCUT2D eigenvalue weighted by Gasteiger charge is -2.21. The van der Waals surface area contributed by atoms with Crippen molar-refractivity contribution in [2.24, 2.45) is 5.92 Å². The van der Waals surface area contributed by atoms with E-state index in [4.69, 9.17) is 0 Å². The number of carbonyl (C=O) groups excluding carboxylic acids is 1. The molecule has 1 amide bonds. The number of nitrogens with one attached hydrogen (secondary N) is 1. The third kappa shape index (κ3) is 5.59. The summed E-state index contributed by atoms with van der Waals surface area (Å²) in [6.45, 7) is 4.31. The van der Waals surface area contributed by atoms with Gasteiger partial charge in [-0.25, -0.2) is 0 Å². The zero-order valence-corrected chi connectivity index (χ0v) is 14.6. The van der Waals surface area contributed by atoms with Gasteiger partial charge in [0.2, 0.25) is 5.91 Å². The van der Waals surface area contributed by atoms with Gasteiger partial charge >= 0.3 is 0 Å². The maximum Gasteiger partial charge on any atom is 0.224 e. The molecular formula is C17H25NOS2. The van der Waals surface area contributed by atoms with Crippen LogP contribution in [-0.4, -0.2) is 17.4 Å². The monoisotopic (exact) mass is 323 g/mol. The summed E-state index contributed by atoms with van der Waals surface area (Å²) in [5.41, 5.74) is 2.26. The van der Waals surface area contributed by atoms with Gasteiger partial charge in [0.25, 0.3) is 0 Å². The van der Waals surface area contributed by atoms with E-state index in [9.17, 15) is 4.79 Å². The fourth-order valence-electron chi connectivity index (χ4n) is 2.57. The Morgan fingerprint density at radius 3 is 2.86 bits per heavy atom. The van der Waals surface area contributed by atoms with Crippen molar-refractivity contribution in [3.05, 3.63) is 29.8 Å². The Morgan fingerprint density at radius 2 is 2.14 bits per heavy atom. The first-order chi connectivity index (χ1) is 10.2. The number of anilines is 1. The maximum atomic E-state index is 12.1. The van der Waals surface area contributed by atoms with Gasteiger partial charge in [-0.15, -0.1) is 23.5 Å². The Kier molecular flexibility index (Phi) is 6.97. The number of thioether (sulfide) groups is 2. The number of amides is 1. The van der Waals surface area contributed by atoms with Crippen molar-refractivity contribution in [2.45, 2.75) is 44.1 Å². The highest BCUT2D eigenvalue weighted by Crippen LogP contribution is 2.44. The minimum absolute atomic E-state index is 0.136. The van der Waals surface area contributed by atoms with Gasteiger partial charge < -0.3 is 5.32 Å². The van der Waals surface area contributed by atoms with Gasteiger partial charge in [0.05, 0.1) is 4.58 Å². The predicted molar refractivity (Wildman–Crippen MR) is 96.0 cm³/mol. The second-order valence-corrected chi connectivity index (χ2v) is 8.42. The molecule has 0 radical (unpaired) electrons. The number of hydrogen-bond donors (Lipinski definition) is 1. The molecule has 0 bridgehead atoms. The average Bonchev–Trinajstić information content (AvgIpc) is 2.48. The van der Waals surface area contributed by atoms with Crippen molar-refractivity contribution >= 4 is 35.1 Å². The lowest BCUT2D eigenvalue weighted by atomic mass is 10.0. The molecular weight excluding hydrogens is 298 g/mol. The van der Waals surface area contributed by atoms with Gasteiger partial charge in [-0.1, -0.05) is 38.8 Å². The van der Waals surface area contributed by atoms with Crippen molar-refractivity contribution in [3.8, 4) is 0 Å². The van der Waals surface area contributed by atoms with Crippen LogP contribution >= 0.6 is 23.5 Å². The van der Waals surface area contributed by atoms with Crippen molar-refractivity contribution in [3.63, 3.8) is 0 Å². The summed E-state index contributed by atoms with van der Waals surface area (Å²) >= 11 is 4.02. The lowest BCUT2D eigenvalue weighted by molar-refractivity contribution is -0.117. The summed E-state index contributed by atoms with van der Waals surface area (Å²) in [4.78, 5) is 12.1. The molecule has 2 nitrogen and oxygen atoms in total. The molecule has 1 unspecified atom stereocenters. The largest absolute Gasteiger partial charge is 0.326 e. The Morgan fingerprint density at radius 1 is 1.38 bits per heavy atom. The van der Waals surface area contributed by atoms with Gasteiger partial charge in [-0.05, 0) is 41.5 Å². The third-order valence-corrected chi connectivity index (χ3v) is 6.60. The topological polar surface area (TPSA) is 29.1 Å². The summed E-state index contributed by atoms with van der Waals surface area (Å²) in [5.74, 6) is 3.07. The van der Waals surface area contributed by atoms with E-state index in [-0.39, 0.29) is 5.91 Å². The van der Waals surface area contributed by atoms with Crippen LogP contribution in [0.25, 0.3) is 0 Å². The fourth-order valence-corrected chi connectivity index (χ4v) is 5.44. The summed E-state index contributed by atoms with van der Waals surface area (Å²) in [6, 6.07) is 8.35. The van der Waals surface area contributed by atoms with Crippen LogP contribution in [-0.2, 0) is 4.79 Å². The second kappa shape index (κ2) is 8.74. The first-order valence-electron chi connectivity index (χ1n) is 7.82. The van der Waals surface area contributed by atoms with Crippen molar-refractivity contribution in [1.82, 2.24) is 0 Å².